The highest BCUT2D eigenvalue weighted by atomic mass is 32.1. The number of nitrogens with zero attached hydrogens (tertiary/aromatic N) is 5. The molecule has 0 bridgehead atoms. The lowest BCUT2D eigenvalue weighted by atomic mass is 9.75. The molecule has 1 spiro atoms. The normalized spacial score (nSPS) is 18.5. The molecule has 3 amide bonds. The Morgan fingerprint density at radius 2 is 1.78 bits per heavy atom. The summed E-state index contributed by atoms with van der Waals surface area (Å²) in [5, 5.41) is 3.01. The van der Waals surface area contributed by atoms with Crippen molar-refractivity contribution in [2.75, 3.05) is 29.4 Å². The molecule has 2 aliphatic heterocycles. The summed E-state index contributed by atoms with van der Waals surface area (Å²) in [5.41, 5.74) is -1.97. The van der Waals surface area contributed by atoms with E-state index >= 15 is 0 Å². The van der Waals surface area contributed by atoms with E-state index in [-0.39, 0.29) is 41.0 Å². The summed E-state index contributed by atoms with van der Waals surface area (Å²) in [6.45, 7) is 10.00. The van der Waals surface area contributed by atoms with E-state index in [1.807, 2.05) is 20.8 Å². The average molecular weight is 659 g/mol. The maximum absolute atomic E-state index is 13.9. The monoisotopic (exact) mass is 658 g/mol. The molecule has 10 nitrogen and oxygen atoms in total. The number of thiocarbonyl (C=S) groups is 1. The van der Waals surface area contributed by atoms with Crippen molar-refractivity contribution < 1.29 is 32.3 Å². The number of nitrogens with one attached hydrogen (secondary N) is 1. The van der Waals surface area contributed by atoms with E-state index in [1.165, 1.54) is 6.20 Å². The minimum atomic E-state index is -4.71. The Morgan fingerprint density at radius 3 is 2.33 bits per heavy atom. The van der Waals surface area contributed by atoms with Gasteiger partial charge in [0.15, 0.2) is 5.11 Å². The van der Waals surface area contributed by atoms with Crippen molar-refractivity contribution in [1.29, 1.82) is 0 Å². The number of likely N-dealkylation sites (tertiary alicyclic amines) is 1. The molecular formula is C32H37F3N6O4S. The summed E-state index contributed by atoms with van der Waals surface area (Å²) in [5.74, 6) is -0.456. The smallest absolute Gasteiger partial charge is 0.418 e. The van der Waals surface area contributed by atoms with Crippen LogP contribution in [0.15, 0.2) is 41.5 Å². The van der Waals surface area contributed by atoms with Gasteiger partial charge in [-0.25, -0.2) is 4.79 Å². The minimum Gasteiger partial charge on any atom is -0.444 e. The molecule has 2 saturated heterocycles. The second-order valence-electron chi connectivity index (χ2n) is 12.9. The highest BCUT2D eigenvalue weighted by Gasteiger charge is 2.59. The summed E-state index contributed by atoms with van der Waals surface area (Å²) < 4.78 is 47.0. The fourth-order valence-corrected chi connectivity index (χ4v) is 6.51. The van der Waals surface area contributed by atoms with Crippen molar-refractivity contribution >= 4 is 53.3 Å². The molecule has 3 fully saturated rings. The number of aromatic nitrogens is 1. The van der Waals surface area contributed by atoms with Crippen LogP contribution in [0.25, 0.3) is 0 Å². The number of anilines is 2. The number of rotatable bonds is 7. The second kappa shape index (κ2) is 12.6. The topological polar surface area (TPSA) is 107 Å². The van der Waals surface area contributed by atoms with Crippen LogP contribution in [0.4, 0.5) is 29.3 Å². The first-order chi connectivity index (χ1) is 21.6. The zero-order valence-electron chi connectivity index (χ0n) is 26.0. The Labute approximate surface area is 271 Å². The Bertz CT molecular complexity index is 1530. The van der Waals surface area contributed by atoms with Gasteiger partial charge in [0, 0.05) is 30.9 Å². The van der Waals surface area contributed by atoms with E-state index in [2.05, 4.69) is 22.0 Å². The third-order valence-electron chi connectivity index (χ3n) is 8.58. The number of halogens is 3. The fraction of sp³-hybridized carbons (Fsp3) is 0.500. The Balaban J connectivity index is 1.26. The van der Waals surface area contributed by atoms with E-state index in [1.54, 1.807) is 34.1 Å². The van der Waals surface area contributed by atoms with Crippen molar-refractivity contribution in [2.45, 2.75) is 76.7 Å². The van der Waals surface area contributed by atoms with E-state index in [0.29, 0.717) is 43.7 Å². The molecule has 0 atom stereocenters. The molecule has 5 rings (SSSR count). The number of hydrogen-bond acceptors (Lipinski definition) is 7. The van der Waals surface area contributed by atoms with Crippen molar-refractivity contribution in [1.82, 2.24) is 15.2 Å². The van der Waals surface area contributed by atoms with Gasteiger partial charge in [0.05, 0.1) is 29.7 Å². The standard InChI is InChI=1S/C32H37F3N6O4S/c1-30(2,3)45-29(44)39-14-10-20(11-15-39)17-38-26(42)21-6-8-22(9-7-21)41-28(46)40(27(43)31(41)12-5-13-31)23-16-24(32(33,34)35)25(19-36-4)37-18-23/h6-9,16,18,20H,4-5,10-15,17,19H2,1-3H3,(H,38,42). The van der Waals surface area contributed by atoms with E-state index in [9.17, 15) is 27.6 Å². The first-order valence-electron chi connectivity index (χ1n) is 15.2. The van der Waals surface area contributed by atoms with Gasteiger partial charge in [0.2, 0.25) is 0 Å². The molecule has 0 unspecified atom stereocenters. The molecule has 1 N–H and O–H groups in total. The number of piperidine rings is 1. The lowest BCUT2D eigenvalue weighted by molar-refractivity contribution is -0.138. The molecule has 2 aromatic rings. The number of hydrogen-bond donors (Lipinski definition) is 1. The molecule has 14 heteroatoms. The van der Waals surface area contributed by atoms with Crippen LogP contribution in [0.1, 0.15) is 74.5 Å². The number of amides is 3. The lowest BCUT2D eigenvalue weighted by Gasteiger charge is -2.43. The maximum Gasteiger partial charge on any atom is 0.418 e. The summed E-state index contributed by atoms with van der Waals surface area (Å²) in [4.78, 5) is 51.0. The number of carbonyl (C=O) groups is 3. The maximum atomic E-state index is 13.9. The zero-order chi connectivity index (χ0) is 33.4. The van der Waals surface area contributed by atoms with Crippen LogP contribution in [0, 0.1) is 5.92 Å². The predicted octanol–water partition coefficient (Wildman–Crippen LogP) is 5.74. The third kappa shape index (κ3) is 6.58. The van der Waals surface area contributed by atoms with Crippen molar-refractivity contribution in [3.63, 3.8) is 0 Å². The molecular weight excluding hydrogens is 621 g/mol. The number of carbonyl (C=O) groups excluding carboxylic acids is 3. The molecule has 46 heavy (non-hydrogen) atoms. The van der Waals surface area contributed by atoms with Crippen LogP contribution in [0.5, 0.6) is 0 Å². The number of benzene rings is 1. The Kier molecular flexibility index (Phi) is 9.13. The van der Waals surface area contributed by atoms with Gasteiger partial charge in [-0.15, -0.1) is 0 Å². The van der Waals surface area contributed by atoms with Crippen LogP contribution in [0.2, 0.25) is 0 Å². The van der Waals surface area contributed by atoms with Crippen LogP contribution in [-0.2, 0) is 22.3 Å². The van der Waals surface area contributed by atoms with Gasteiger partial charge in [-0.05, 0) is 108 Å². The highest BCUT2D eigenvalue weighted by molar-refractivity contribution is 7.81. The average Bonchev–Trinajstić information content (AvgIpc) is 3.21. The summed E-state index contributed by atoms with van der Waals surface area (Å²) in [6.07, 6.45) is -0.643. The van der Waals surface area contributed by atoms with Crippen molar-refractivity contribution in [3.8, 4) is 0 Å². The molecule has 246 valence electrons. The van der Waals surface area contributed by atoms with Crippen LogP contribution in [-0.4, -0.2) is 70.4 Å². The fourth-order valence-electron chi connectivity index (χ4n) is 6.04. The van der Waals surface area contributed by atoms with Gasteiger partial charge in [0.1, 0.15) is 11.1 Å². The largest absolute Gasteiger partial charge is 0.444 e. The molecule has 3 heterocycles. The van der Waals surface area contributed by atoms with E-state index in [4.69, 9.17) is 17.0 Å². The zero-order valence-corrected chi connectivity index (χ0v) is 26.8. The molecule has 1 aromatic carbocycles. The summed E-state index contributed by atoms with van der Waals surface area (Å²) in [6, 6.07) is 7.53. The summed E-state index contributed by atoms with van der Waals surface area (Å²) in [7, 11) is 0. The van der Waals surface area contributed by atoms with Crippen molar-refractivity contribution in [2.24, 2.45) is 10.9 Å². The molecule has 1 saturated carbocycles. The SMILES string of the molecule is C=NCc1ncc(N2C(=O)C3(CCC3)N(c3ccc(C(=O)NCC4CCN(C(=O)OC(C)(C)C)CC4)cc3)C2=S)cc1C(F)(F)F. The van der Waals surface area contributed by atoms with Crippen molar-refractivity contribution in [3.05, 3.63) is 53.3 Å². The van der Waals surface area contributed by atoms with Crippen LogP contribution in [0.3, 0.4) is 0 Å². The minimum absolute atomic E-state index is 0.0455. The van der Waals surface area contributed by atoms with Gasteiger partial charge in [-0.3, -0.25) is 24.5 Å². The summed E-state index contributed by atoms with van der Waals surface area (Å²) >= 11 is 5.70. The van der Waals surface area contributed by atoms with Gasteiger partial charge < -0.3 is 19.9 Å². The van der Waals surface area contributed by atoms with E-state index in [0.717, 1.165) is 30.2 Å². The molecule has 3 aliphatic rings. The molecule has 1 aliphatic carbocycles. The van der Waals surface area contributed by atoms with Gasteiger partial charge in [-0.2, -0.15) is 13.2 Å². The predicted molar refractivity (Wildman–Crippen MR) is 171 cm³/mol. The van der Waals surface area contributed by atoms with Crippen LogP contribution < -0.4 is 15.1 Å². The molecule has 0 radical (unpaired) electrons. The van der Waals surface area contributed by atoms with Gasteiger partial charge in [-0.1, -0.05) is 0 Å². The third-order valence-corrected chi connectivity index (χ3v) is 8.94. The Morgan fingerprint density at radius 1 is 1.13 bits per heavy atom. The second-order valence-corrected chi connectivity index (χ2v) is 13.2. The quantitative estimate of drug-likeness (QED) is 0.299. The number of aliphatic imine (C=N–C) groups is 1. The first kappa shape index (κ1) is 33.3. The van der Waals surface area contributed by atoms with Crippen LogP contribution >= 0.6 is 12.2 Å². The number of ether oxygens (including phenoxy) is 1. The van der Waals surface area contributed by atoms with Gasteiger partial charge >= 0.3 is 12.3 Å². The lowest BCUT2D eigenvalue weighted by Crippen LogP contribution is -2.55. The van der Waals surface area contributed by atoms with Gasteiger partial charge in [0.25, 0.3) is 11.8 Å². The highest BCUT2D eigenvalue weighted by Crippen LogP contribution is 2.48. The first-order valence-corrected chi connectivity index (χ1v) is 15.6. The Hall–Kier alpha value is -4.07. The molecule has 1 aromatic heterocycles. The number of pyridine rings is 1. The number of alkyl halides is 3. The van der Waals surface area contributed by atoms with E-state index < -0.39 is 28.8 Å².